The Balaban J connectivity index is 2.06. The Morgan fingerprint density at radius 2 is 2.07 bits per heavy atom. The van der Waals surface area contributed by atoms with E-state index in [9.17, 15) is 0 Å². The highest BCUT2D eigenvalue weighted by Crippen LogP contribution is 2.21. The van der Waals surface area contributed by atoms with Gasteiger partial charge < -0.3 is 4.74 Å². The van der Waals surface area contributed by atoms with Gasteiger partial charge in [0, 0.05) is 6.04 Å². The molecule has 1 saturated heterocycles. The second kappa shape index (κ2) is 4.77. The van der Waals surface area contributed by atoms with Gasteiger partial charge in [-0.25, -0.2) is 0 Å². The number of ether oxygens (including phenoxy) is 1. The van der Waals surface area contributed by atoms with Gasteiger partial charge in [-0.15, -0.1) is 0 Å². The maximum atomic E-state index is 5.72. The van der Waals surface area contributed by atoms with Crippen LogP contribution in [0, 0.1) is 6.92 Å². The standard InChI is InChI=1S/C13H19NO/c1-3-12-8-9-15-13(14-12)11-6-4-10(2)5-7-11/h4-7,12-14H,3,8-9H2,1-2H3/t12-,13-/m0/s1. The summed E-state index contributed by atoms with van der Waals surface area (Å²) in [6.07, 6.45) is 2.38. The molecule has 2 heteroatoms. The third-order valence-corrected chi connectivity index (χ3v) is 3.01. The molecule has 0 bridgehead atoms. The summed E-state index contributed by atoms with van der Waals surface area (Å²) in [4.78, 5) is 0. The molecule has 0 aliphatic carbocycles. The molecule has 0 unspecified atom stereocenters. The summed E-state index contributed by atoms with van der Waals surface area (Å²) in [6.45, 7) is 5.19. The topological polar surface area (TPSA) is 21.3 Å². The predicted molar refractivity (Wildman–Crippen MR) is 61.7 cm³/mol. The summed E-state index contributed by atoms with van der Waals surface area (Å²) >= 11 is 0. The molecule has 1 heterocycles. The van der Waals surface area contributed by atoms with Crippen LogP contribution in [0.4, 0.5) is 0 Å². The van der Waals surface area contributed by atoms with Crippen LogP contribution in [-0.2, 0) is 4.74 Å². The van der Waals surface area contributed by atoms with Gasteiger partial charge in [0.25, 0.3) is 0 Å². The first-order valence-electron chi connectivity index (χ1n) is 5.74. The maximum absolute atomic E-state index is 5.72. The fourth-order valence-corrected chi connectivity index (χ4v) is 1.93. The Labute approximate surface area is 91.6 Å². The van der Waals surface area contributed by atoms with E-state index in [2.05, 4.69) is 43.4 Å². The predicted octanol–water partition coefficient (Wildman–Crippen LogP) is 2.78. The number of rotatable bonds is 2. The molecule has 2 atom stereocenters. The molecule has 0 amide bonds. The van der Waals surface area contributed by atoms with Crippen molar-refractivity contribution in [1.82, 2.24) is 5.32 Å². The van der Waals surface area contributed by atoms with Crippen molar-refractivity contribution in [3.63, 3.8) is 0 Å². The van der Waals surface area contributed by atoms with Crippen LogP contribution in [0.3, 0.4) is 0 Å². The average Bonchev–Trinajstić information content (AvgIpc) is 2.30. The molecule has 1 aromatic rings. The minimum Gasteiger partial charge on any atom is -0.359 e. The van der Waals surface area contributed by atoms with Crippen molar-refractivity contribution in [3.8, 4) is 0 Å². The van der Waals surface area contributed by atoms with Gasteiger partial charge in [-0.2, -0.15) is 0 Å². The zero-order chi connectivity index (χ0) is 10.7. The van der Waals surface area contributed by atoms with Crippen molar-refractivity contribution in [2.45, 2.75) is 39.0 Å². The van der Waals surface area contributed by atoms with E-state index in [-0.39, 0.29) is 6.23 Å². The van der Waals surface area contributed by atoms with Gasteiger partial charge >= 0.3 is 0 Å². The number of benzene rings is 1. The van der Waals surface area contributed by atoms with E-state index < -0.39 is 0 Å². The van der Waals surface area contributed by atoms with Crippen molar-refractivity contribution in [2.75, 3.05) is 6.61 Å². The number of hydrogen-bond donors (Lipinski definition) is 1. The number of aryl methyl sites for hydroxylation is 1. The molecule has 0 radical (unpaired) electrons. The van der Waals surface area contributed by atoms with E-state index >= 15 is 0 Å². The van der Waals surface area contributed by atoms with Gasteiger partial charge in [-0.3, -0.25) is 5.32 Å². The van der Waals surface area contributed by atoms with Crippen LogP contribution < -0.4 is 5.32 Å². The third-order valence-electron chi connectivity index (χ3n) is 3.01. The Bertz CT molecular complexity index is 307. The summed E-state index contributed by atoms with van der Waals surface area (Å²) in [5.41, 5.74) is 2.53. The highest BCUT2D eigenvalue weighted by atomic mass is 16.5. The lowest BCUT2D eigenvalue weighted by Crippen LogP contribution is -2.39. The van der Waals surface area contributed by atoms with E-state index in [1.54, 1.807) is 0 Å². The zero-order valence-electron chi connectivity index (χ0n) is 9.49. The molecule has 1 fully saturated rings. The van der Waals surface area contributed by atoms with Crippen LogP contribution in [0.1, 0.15) is 37.1 Å². The molecule has 2 nitrogen and oxygen atoms in total. The molecule has 82 valence electrons. The van der Waals surface area contributed by atoms with Crippen LogP contribution in [-0.4, -0.2) is 12.6 Å². The van der Waals surface area contributed by atoms with E-state index in [1.165, 1.54) is 17.5 Å². The molecular weight excluding hydrogens is 186 g/mol. The Hall–Kier alpha value is -0.860. The highest BCUT2D eigenvalue weighted by Gasteiger charge is 2.21. The smallest absolute Gasteiger partial charge is 0.134 e. The molecule has 1 N–H and O–H groups in total. The fourth-order valence-electron chi connectivity index (χ4n) is 1.93. The van der Waals surface area contributed by atoms with Crippen LogP contribution in [0.2, 0.25) is 0 Å². The second-order valence-electron chi connectivity index (χ2n) is 4.22. The monoisotopic (exact) mass is 205 g/mol. The Morgan fingerprint density at radius 3 is 2.73 bits per heavy atom. The van der Waals surface area contributed by atoms with Gasteiger partial charge in [-0.05, 0) is 25.3 Å². The quantitative estimate of drug-likeness (QED) is 0.801. The summed E-state index contributed by atoms with van der Waals surface area (Å²) in [5.74, 6) is 0. The van der Waals surface area contributed by atoms with Crippen molar-refractivity contribution in [1.29, 1.82) is 0 Å². The highest BCUT2D eigenvalue weighted by molar-refractivity contribution is 5.23. The Morgan fingerprint density at radius 1 is 1.33 bits per heavy atom. The third kappa shape index (κ3) is 2.58. The van der Waals surface area contributed by atoms with E-state index in [0.29, 0.717) is 6.04 Å². The van der Waals surface area contributed by atoms with E-state index in [1.807, 2.05) is 0 Å². The molecule has 0 spiro atoms. The maximum Gasteiger partial charge on any atom is 0.134 e. The lowest BCUT2D eigenvalue weighted by molar-refractivity contribution is -0.0205. The molecule has 0 aromatic heterocycles. The summed E-state index contributed by atoms with van der Waals surface area (Å²) in [7, 11) is 0. The molecular formula is C13H19NO. The normalized spacial score (nSPS) is 26.5. The van der Waals surface area contributed by atoms with Crippen molar-refractivity contribution in [3.05, 3.63) is 35.4 Å². The van der Waals surface area contributed by atoms with Crippen LogP contribution in [0.5, 0.6) is 0 Å². The van der Waals surface area contributed by atoms with Gasteiger partial charge in [-0.1, -0.05) is 36.8 Å². The summed E-state index contributed by atoms with van der Waals surface area (Å²) < 4.78 is 5.72. The minimum absolute atomic E-state index is 0.0873. The molecule has 15 heavy (non-hydrogen) atoms. The zero-order valence-corrected chi connectivity index (χ0v) is 9.49. The second-order valence-corrected chi connectivity index (χ2v) is 4.22. The average molecular weight is 205 g/mol. The summed E-state index contributed by atoms with van der Waals surface area (Å²) in [5, 5.41) is 3.52. The van der Waals surface area contributed by atoms with Crippen molar-refractivity contribution in [2.24, 2.45) is 0 Å². The molecule has 1 aromatic carbocycles. The molecule has 1 aliphatic rings. The lowest BCUT2D eigenvalue weighted by atomic mass is 10.1. The first kappa shape index (κ1) is 10.7. The van der Waals surface area contributed by atoms with Crippen LogP contribution in [0.25, 0.3) is 0 Å². The summed E-state index contributed by atoms with van der Waals surface area (Å²) in [6, 6.07) is 9.16. The van der Waals surface area contributed by atoms with Crippen molar-refractivity contribution >= 4 is 0 Å². The fraction of sp³-hybridized carbons (Fsp3) is 0.538. The van der Waals surface area contributed by atoms with Crippen LogP contribution in [0.15, 0.2) is 24.3 Å². The van der Waals surface area contributed by atoms with Gasteiger partial charge in [0.1, 0.15) is 6.23 Å². The van der Waals surface area contributed by atoms with Crippen LogP contribution >= 0.6 is 0 Å². The van der Waals surface area contributed by atoms with Crippen molar-refractivity contribution < 1.29 is 4.74 Å². The molecule has 0 saturated carbocycles. The van der Waals surface area contributed by atoms with Gasteiger partial charge in [0.2, 0.25) is 0 Å². The molecule has 2 rings (SSSR count). The lowest BCUT2D eigenvalue weighted by Gasteiger charge is -2.31. The van der Waals surface area contributed by atoms with E-state index in [0.717, 1.165) is 13.0 Å². The first-order valence-corrected chi connectivity index (χ1v) is 5.74. The first-order chi connectivity index (χ1) is 7.29. The van der Waals surface area contributed by atoms with E-state index in [4.69, 9.17) is 4.74 Å². The minimum atomic E-state index is 0.0873. The number of hydrogen-bond acceptors (Lipinski definition) is 2. The van der Waals surface area contributed by atoms with Gasteiger partial charge in [0.15, 0.2) is 0 Å². The largest absolute Gasteiger partial charge is 0.359 e. The molecule has 1 aliphatic heterocycles. The van der Waals surface area contributed by atoms with Gasteiger partial charge in [0.05, 0.1) is 6.61 Å². The SMILES string of the molecule is CC[C@H]1CCO[C@@H](c2ccc(C)cc2)N1. The Kier molecular flexibility index (Phi) is 3.39. The number of nitrogens with one attached hydrogen (secondary N) is 1.